The van der Waals surface area contributed by atoms with Gasteiger partial charge in [-0.25, -0.2) is 0 Å². The maximum Gasteiger partial charge on any atom is 0.387 e. The Bertz CT molecular complexity index is 358. The number of benzene rings is 1. The summed E-state index contributed by atoms with van der Waals surface area (Å²) in [5.41, 5.74) is 0.723. The fourth-order valence-electron chi connectivity index (χ4n) is 1.41. The van der Waals surface area contributed by atoms with E-state index in [2.05, 4.69) is 39.8 Å². The van der Waals surface area contributed by atoms with Crippen molar-refractivity contribution >= 4 is 15.9 Å². The van der Waals surface area contributed by atoms with Gasteiger partial charge in [0.05, 0.1) is 4.47 Å². The van der Waals surface area contributed by atoms with Crippen LogP contribution in [0.3, 0.4) is 0 Å². The summed E-state index contributed by atoms with van der Waals surface area (Å²) >= 11 is 3.21. The van der Waals surface area contributed by atoms with Crippen LogP contribution in [-0.4, -0.2) is 13.2 Å². The van der Waals surface area contributed by atoms with Crippen LogP contribution in [-0.2, 0) is 6.54 Å². The predicted octanol–water partition coefficient (Wildman–Crippen LogP) is 3.80. The molecule has 1 N–H and O–H groups in total. The number of hydrogen-bond acceptors (Lipinski definition) is 2. The molecule has 0 aromatic heterocycles. The van der Waals surface area contributed by atoms with E-state index in [1.165, 1.54) is 0 Å². The molecule has 2 nitrogen and oxygen atoms in total. The molecule has 0 unspecified atom stereocenters. The average Bonchev–Trinajstić information content (AvgIpc) is 2.22. The van der Waals surface area contributed by atoms with Crippen LogP contribution in [0.25, 0.3) is 0 Å². The Labute approximate surface area is 108 Å². The molecule has 1 aromatic rings. The van der Waals surface area contributed by atoms with Gasteiger partial charge in [0, 0.05) is 12.1 Å². The largest absolute Gasteiger partial charge is 0.433 e. The van der Waals surface area contributed by atoms with Crippen LogP contribution >= 0.6 is 15.9 Å². The van der Waals surface area contributed by atoms with Gasteiger partial charge in [0.25, 0.3) is 0 Å². The molecule has 5 heteroatoms. The van der Waals surface area contributed by atoms with E-state index in [1.54, 1.807) is 18.2 Å². The van der Waals surface area contributed by atoms with Gasteiger partial charge in [0.1, 0.15) is 5.75 Å². The lowest BCUT2D eigenvalue weighted by atomic mass is 10.2. The first-order chi connectivity index (χ1) is 8.00. The lowest BCUT2D eigenvalue weighted by Crippen LogP contribution is -2.19. The molecule has 0 radical (unpaired) electrons. The van der Waals surface area contributed by atoms with Crippen molar-refractivity contribution < 1.29 is 13.5 Å². The Balaban J connectivity index is 2.72. The molecule has 96 valence electrons. The van der Waals surface area contributed by atoms with Crippen LogP contribution in [0.1, 0.15) is 19.4 Å². The third-order valence-corrected chi connectivity index (χ3v) is 2.75. The summed E-state index contributed by atoms with van der Waals surface area (Å²) < 4.78 is 29.6. The van der Waals surface area contributed by atoms with Gasteiger partial charge in [0.15, 0.2) is 0 Å². The highest BCUT2D eigenvalue weighted by molar-refractivity contribution is 9.10. The van der Waals surface area contributed by atoms with Crippen LogP contribution in [0, 0.1) is 5.92 Å². The monoisotopic (exact) mass is 307 g/mol. The van der Waals surface area contributed by atoms with E-state index in [0.29, 0.717) is 16.9 Å². The fraction of sp³-hybridized carbons (Fsp3) is 0.500. The molecule has 0 saturated heterocycles. The summed E-state index contributed by atoms with van der Waals surface area (Å²) in [6, 6.07) is 5.26. The summed E-state index contributed by atoms with van der Waals surface area (Å²) in [7, 11) is 0. The molecule has 0 bridgehead atoms. The molecule has 0 atom stereocenters. The van der Waals surface area contributed by atoms with Crippen LogP contribution in [0.5, 0.6) is 5.75 Å². The van der Waals surface area contributed by atoms with Crippen molar-refractivity contribution in [2.24, 2.45) is 5.92 Å². The van der Waals surface area contributed by atoms with Crippen LogP contribution in [0.15, 0.2) is 22.7 Å². The first kappa shape index (κ1) is 14.4. The van der Waals surface area contributed by atoms with Gasteiger partial charge in [0.2, 0.25) is 0 Å². The van der Waals surface area contributed by atoms with Gasteiger partial charge in [-0.1, -0.05) is 26.0 Å². The van der Waals surface area contributed by atoms with E-state index in [9.17, 15) is 8.78 Å². The van der Waals surface area contributed by atoms with Crippen LogP contribution < -0.4 is 10.1 Å². The van der Waals surface area contributed by atoms with E-state index < -0.39 is 6.61 Å². The topological polar surface area (TPSA) is 21.3 Å². The smallest absolute Gasteiger partial charge is 0.387 e. The van der Waals surface area contributed by atoms with Crippen molar-refractivity contribution in [3.8, 4) is 5.75 Å². The summed E-state index contributed by atoms with van der Waals surface area (Å²) in [6.07, 6.45) is 0. The zero-order valence-electron chi connectivity index (χ0n) is 9.84. The highest BCUT2D eigenvalue weighted by atomic mass is 79.9. The van der Waals surface area contributed by atoms with Crippen molar-refractivity contribution in [2.45, 2.75) is 27.0 Å². The molecule has 0 saturated carbocycles. The molecular weight excluding hydrogens is 292 g/mol. The highest BCUT2D eigenvalue weighted by Gasteiger charge is 2.12. The number of rotatable bonds is 6. The maximum absolute atomic E-state index is 12.3. The van der Waals surface area contributed by atoms with E-state index in [-0.39, 0.29) is 5.75 Å². The van der Waals surface area contributed by atoms with Gasteiger partial charge >= 0.3 is 6.61 Å². The summed E-state index contributed by atoms with van der Waals surface area (Å²) in [6.45, 7) is 2.72. The summed E-state index contributed by atoms with van der Waals surface area (Å²) in [5.74, 6) is 0.723. The third-order valence-electron chi connectivity index (χ3n) is 2.12. The van der Waals surface area contributed by atoms with Crippen molar-refractivity contribution in [2.75, 3.05) is 6.54 Å². The number of halogens is 3. The number of alkyl halides is 2. The Kier molecular flexibility index (Phi) is 5.85. The van der Waals surface area contributed by atoms with Crippen molar-refractivity contribution in [1.29, 1.82) is 0 Å². The minimum absolute atomic E-state index is 0.207. The molecule has 0 heterocycles. The molecule has 0 aliphatic carbocycles. The van der Waals surface area contributed by atoms with E-state index in [1.807, 2.05) is 0 Å². The van der Waals surface area contributed by atoms with E-state index in [0.717, 1.165) is 12.1 Å². The Morgan fingerprint density at radius 1 is 1.35 bits per heavy atom. The average molecular weight is 308 g/mol. The lowest BCUT2D eigenvalue weighted by molar-refractivity contribution is -0.0510. The minimum Gasteiger partial charge on any atom is -0.433 e. The number of para-hydroxylation sites is 1. The fourth-order valence-corrected chi connectivity index (χ4v) is 1.91. The van der Waals surface area contributed by atoms with Gasteiger partial charge < -0.3 is 10.1 Å². The Morgan fingerprint density at radius 3 is 2.65 bits per heavy atom. The molecule has 1 aromatic carbocycles. The van der Waals surface area contributed by atoms with Crippen molar-refractivity contribution in [3.63, 3.8) is 0 Å². The molecule has 0 aliphatic heterocycles. The van der Waals surface area contributed by atoms with Crippen molar-refractivity contribution in [3.05, 3.63) is 28.2 Å². The molecule has 0 aliphatic rings. The van der Waals surface area contributed by atoms with E-state index >= 15 is 0 Å². The van der Waals surface area contributed by atoms with E-state index in [4.69, 9.17) is 0 Å². The van der Waals surface area contributed by atoms with Crippen LogP contribution in [0.4, 0.5) is 8.78 Å². The van der Waals surface area contributed by atoms with Crippen molar-refractivity contribution in [1.82, 2.24) is 5.32 Å². The Morgan fingerprint density at radius 2 is 2.06 bits per heavy atom. The molecule has 1 rings (SSSR count). The molecule has 17 heavy (non-hydrogen) atoms. The second-order valence-electron chi connectivity index (χ2n) is 4.13. The second-order valence-corrected chi connectivity index (χ2v) is 4.99. The third kappa shape index (κ3) is 5.00. The van der Waals surface area contributed by atoms with Gasteiger partial charge in [-0.15, -0.1) is 0 Å². The first-order valence-electron chi connectivity index (χ1n) is 5.43. The SMILES string of the molecule is CC(C)CNCc1cccc(Br)c1OC(F)F. The zero-order valence-corrected chi connectivity index (χ0v) is 11.4. The maximum atomic E-state index is 12.3. The minimum atomic E-state index is -2.81. The number of ether oxygens (including phenoxy) is 1. The number of hydrogen-bond donors (Lipinski definition) is 1. The second kappa shape index (κ2) is 6.91. The molecular formula is C12H16BrF2NO. The summed E-state index contributed by atoms with van der Waals surface area (Å²) in [5, 5.41) is 3.20. The predicted molar refractivity (Wildman–Crippen MR) is 67.3 cm³/mol. The Hall–Kier alpha value is -0.680. The van der Waals surface area contributed by atoms with Crippen LogP contribution in [0.2, 0.25) is 0 Å². The molecule has 0 fully saturated rings. The quantitative estimate of drug-likeness (QED) is 0.863. The first-order valence-corrected chi connectivity index (χ1v) is 6.23. The standard InChI is InChI=1S/C12H16BrF2NO/c1-8(2)6-16-7-9-4-3-5-10(13)11(9)17-12(14)15/h3-5,8,12,16H,6-7H2,1-2H3. The molecule has 0 amide bonds. The van der Waals surface area contributed by atoms with Gasteiger partial charge in [-0.3, -0.25) is 0 Å². The highest BCUT2D eigenvalue weighted by Crippen LogP contribution is 2.30. The number of nitrogens with one attached hydrogen (secondary N) is 1. The zero-order chi connectivity index (χ0) is 12.8. The molecule has 0 spiro atoms. The normalized spacial score (nSPS) is 11.2. The van der Waals surface area contributed by atoms with Gasteiger partial charge in [-0.05, 0) is 34.5 Å². The lowest BCUT2D eigenvalue weighted by Gasteiger charge is -2.13. The summed E-state index contributed by atoms with van der Waals surface area (Å²) in [4.78, 5) is 0. The van der Waals surface area contributed by atoms with Gasteiger partial charge in [-0.2, -0.15) is 8.78 Å².